The average molecular weight is 686 g/mol. The number of β-lactam (4-membered cyclic amide) rings is 1. The van der Waals surface area contributed by atoms with Crippen molar-refractivity contribution in [3.05, 3.63) is 28.2 Å². The van der Waals surface area contributed by atoms with Crippen LogP contribution in [-0.4, -0.2) is 95.3 Å². The smallest absolute Gasteiger partial charge is 0.354 e. The quantitative estimate of drug-likeness (QED) is 0.0922. The molecule has 0 spiro atoms. The van der Waals surface area contributed by atoms with Crippen LogP contribution in [-0.2, 0) is 28.0 Å². The maximum Gasteiger partial charge on any atom is 0.354 e. The molecule has 0 unspecified atom stereocenters. The van der Waals surface area contributed by atoms with Gasteiger partial charge in [-0.15, -0.1) is 23.1 Å². The van der Waals surface area contributed by atoms with Gasteiger partial charge in [-0.1, -0.05) is 0 Å². The van der Waals surface area contributed by atoms with Gasteiger partial charge in [0.1, 0.15) is 23.7 Å². The Labute approximate surface area is 239 Å². The lowest BCUT2D eigenvalue weighted by Crippen LogP contribution is -3.00. The molecule has 16 heteroatoms. The van der Waals surface area contributed by atoms with Crippen LogP contribution in [0.25, 0.3) is 5.57 Å². The molecule has 4 N–H and O–H groups in total. The number of nitrogens with two attached hydrogens (primary N) is 1. The van der Waals surface area contributed by atoms with Gasteiger partial charge >= 0.3 is 13.6 Å². The first kappa shape index (κ1) is 30.1. The summed E-state index contributed by atoms with van der Waals surface area (Å²) >= 11 is 2.50. The molecule has 1 aromatic rings. The van der Waals surface area contributed by atoms with Gasteiger partial charge in [-0.3, -0.25) is 19.1 Å². The molecule has 3 aliphatic heterocycles. The van der Waals surface area contributed by atoms with E-state index in [0.717, 1.165) is 53.1 Å². The molecule has 204 valence electrons. The Morgan fingerprint density at radius 2 is 2.00 bits per heavy atom. The van der Waals surface area contributed by atoms with Crippen molar-refractivity contribution in [2.24, 2.45) is 0 Å². The zero-order valence-corrected chi connectivity index (χ0v) is 25.2. The number of amides is 2. The molecule has 0 aliphatic carbocycles. The molecule has 2 amide bonds. The maximum absolute atomic E-state index is 13.2. The van der Waals surface area contributed by atoms with Gasteiger partial charge in [-0.2, -0.15) is 0 Å². The van der Waals surface area contributed by atoms with Crippen LogP contribution < -0.4 is 35.0 Å². The molecule has 2 saturated heterocycles. The summed E-state index contributed by atoms with van der Waals surface area (Å²) in [5, 5.41) is 13.7. The normalized spacial score (nSPS) is 23.3. The first-order valence-corrected chi connectivity index (χ1v) is 14.7. The summed E-state index contributed by atoms with van der Waals surface area (Å²) in [7, 11) is 0.702. The number of carbonyl (C=O) groups is 3. The molecule has 12 nitrogen and oxygen atoms in total. The summed E-state index contributed by atoms with van der Waals surface area (Å²) in [4.78, 5) is 43.9. The van der Waals surface area contributed by atoms with E-state index in [4.69, 9.17) is 14.8 Å². The van der Waals surface area contributed by atoms with Crippen molar-refractivity contribution in [3.8, 4) is 0 Å². The van der Waals surface area contributed by atoms with E-state index in [-0.39, 0.29) is 46.1 Å². The average Bonchev–Trinajstić information content (AvgIpc) is 3.48. The second kappa shape index (κ2) is 11.7. The highest BCUT2D eigenvalue weighted by molar-refractivity contribution is 8.00. The van der Waals surface area contributed by atoms with Crippen LogP contribution in [0.4, 0.5) is 5.13 Å². The number of carboxylic acids is 1. The number of thiazole rings is 1. The van der Waals surface area contributed by atoms with Crippen molar-refractivity contribution in [1.82, 2.24) is 15.2 Å². The van der Waals surface area contributed by atoms with Crippen molar-refractivity contribution in [1.29, 1.82) is 0 Å². The fourth-order valence-corrected chi connectivity index (χ4v) is 7.56. The lowest BCUT2D eigenvalue weighted by Gasteiger charge is -2.50. The number of hydrogen-bond donors (Lipinski definition) is 3. The van der Waals surface area contributed by atoms with Crippen molar-refractivity contribution in [3.63, 3.8) is 0 Å². The third-order valence-electron chi connectivity index (χ3n) is 6.59. The monoisotopic (exact) mass is 685 g/mol. The molecule has 0 saturated carbocycles. The van der Waals surface area contributed by atoms with Gasteiger partial charge in [0.25, 0.3) is 11.8 Å². The molecular weight excluding hydrogens is 656 g/mol. The third-order valence-corrected chi connectivity index (χ3v) is 10.2. The molecule has 1 aromatic heterocycles. The number of aliphatic carboxylic acids is 1. The van der Waals surface area contributed by atoms with Crippen molar-refractivity contribution >= 4 is 59.2 Å². The summed E-state index contributed by atoms with van der Waals surface area (Å²) < 4.78 is 23.3. The summed E-state index contributed by atoms with van der Waals surface area (Å²) in [6, 6.07) is -0.959. The van der Waals surface area contributed by atoms with E-state index in [0.29, 0.717) is 12.3 Å². The fourth-order valence-electron chi connectivity index (χ4n) is 4.73. The van der Waals surface area contributed by atoms with E-state index in [2.05, 4.69) is 17.3 Å². The molecule has 2 fully saturated rings. The van der Waals surface area contributed by atoms with Gasteiger partial charge in [0.2, 0.25) is 0 Å². The maximum atomic E-state index is 13.2. The van der Waals surface area contributed by atoms with Crippen molar-refractivity contribution < 1.29 is 61.6 Å². The van der Waals surface area contributed by atoms with Crippen LogP contribution in [0.2, 0.25) is 0 Å². The zero-order chi connectivity index (χ0) is 26.3. The van der Waals surface area contributed by atoms with E-state index in [1.54, 1.807) is 0 Å². The Kier molecular flexibility index (Phi) is 9.52. The number of nitrogens with one attached hydrogen (secondary N) is 1. The number of rotatable bonds is 9. The number of likely N-dealkylation sites (N-methyl/N-ethyl adjacent to an activating group) is 1. The highest BCUT2D eigenvalue weighted by atomic mass is 127. The van der Waals surface area contributed by atoms with E-state index in [1.165, 1.54) is 36.3 Å². The van der Waals surface area contributed by atoms with Gasteiger partial charge in [-0.05, 0) is 0 Å². The minimum atomic E-state index is -3.76. The van der Waals surface area contributed by atoms with Crippen LogP contribution in [0.15, 0.2) is 22.5 Å². The van der Waals surface area contributed by atoms with Crippen LogP contribution in [0, 0.1) is 0 Å². The number of carboxylic acid groups (broad SMARTS) is 1. The summed E-state index contributed by atoms with van der Waals surface area (Å²) in [6.45, 7) is 2.52. The molecule has 4 rings (SSSR count). The topological polar surface area (TPSA) is 161 Å². The summed E-state index contributed by atoms with van der Waals surface area (Å²) in [5.41, 5.74) is 6.47. The second-order valence-electron chi connectivity index (χ2n) is 9.07. The number of carbonyl (C=O) groups excluding carboxylic acids is 2. The number of fused-ring (bicyclic) bond motifs is 1. The van der Waals surface area contributed by atoms with Crippen molar-refractivity contribution in [2.45, 2.75) is 24.3 Å². The Morgan fingerprint density at radius 1 is 1.35 bits per heavy atom. The van der Waals surface area contributed by atoms with E-state index < -0.39 is 36.8 Å². The van der Waals surface area contributed by atoms with E-state index in [1.807, 2.05) is 0 Å². The predicted octanol–water partition coefficient (Wildman–Crippen LogP) is -1.46. The van der Waals surface area contributed by atoms with Crippen LogP contribution in [0.5, 0.6) is 0 Å². The SMILES string of the molecule is COP(=O)(/C=C(\C(=O)N[C@@H]1C(=O)N2C(C(=O)O)=C(C[N+]3(C)CCCC3)CS[C@H]12)c1csc(N)n1)OC.[I-]. The Morgan fingerprint density at radius 3 is 2.54 bits per heavy atom. The van der Waals surface area contributed by atoms with Crippen LogP contribution in [0.1, 0.15) is 18.5 Å². The lowest BCUT2D eigenvalue weighted by atomic mass is 10.0. The van der Waals surface area contributed by atoms with Gasteiger partial charge in [0.05, 0.1) is 31.4 Å². The van der Waals surface area contributed by atoms with Gasteiger partial charge < -0.3 is 53.7 Å². The molecule has 3 aliphatic rings. The molecular formula is C21H29IN5O7PS2. The number of likely N-dealkylation sites (tertiary alicyclic amines) is 1. The van der Waals surface area contributed by atoms with E-state index in [9.17, 15) is 24.1 Å². The number of anilines is 1. The number of thioether (sulfide) groups is 1. The predicted molar refractivity (Wildman–Crippen MR) is 136 cm³/mol. The van der Waals surface area contributed by atoms with E-state index >= 15 is 0 Å². The van der Waals surface area contributed by atoms with Gasteiger partial charge in [0.15, 0.2) is 5.13 Å². The Bertz CT molecular complexity index is 1190. The third kappa shape index (κ3) is 6.07. The minimum absolute atomic E-state index is 0. The molecule has 0 bridgehead atoms. The standard InChI is InChI=1S/C21H28N5O7PS2.HI/c1-26(6-4-5-7-26)8-12-10-35-19-15(18(28)25(19)16(12)20(29)30)24-17(27)13(9-34(31,32-2)33-3)14-11-36-21(22)23-14;/h9,11,15,19H,4-8,10H2,1-3H3,(H3-,22,23,24,27,29,30);1H/b13-9-;/t15-,19-;/m1./s1. The number of halogens is 1. The Hall–Kier alpha value is -1.49. The molecule has 2 atom stereocenters. The van der Waals surface area contributed by atoms with Crippen LogP contribution >= 0.6 is 30.7 Å². The molecule has 0 aromatic carbocycles. The Balaban J connectivity index is 0.00000380. The number of hydrogen-bond acceptors (Lipinski definition) is 10. The van der Waals surface area contributed by atoms with Crippen molar-refractivity contribution in [2.75, 3.05) is 52.4 Å². The molecule has 4 heterocycles. The first-order chi connectivity index (χ1) is 17.0. The van der Waals surface area contributed by atoms with Gasteiger partial charge in [-0.25, -0.2) is 9.78 Å². The number of quaternary nitrogens is 1. The minimum Gasteiger partial charge on any atom is -1.00 e. The highest BCUT2D eigenvalue weighted by Crippen LogP contribution is 2.50. The second-order valence-corrected chi connectivity index (χ2v) is 13.1. The highest BCUT2D eigenvalue weighted by Gasteiger charge is 2.55. The zero-order valence-electron chi connectivity index (χ0n) is 20.5. The van der Waals surface area contributed by atoms with Gasteiger partial charge in [0, 0.05) is 49.6 Å². The largest absolute Gasteiger partial charge is 1.00 e. The van der Waals surface area contributed by atoms with Crippen LogP contribution in [0.3, 0.4) is 0 Å². The summed E-state index contributed by atoms with van der Waals surface area (Å²) in [6.07, 6.45) is 2.19. The molecule has 0 radical (unpaired) electrons. The number of nitrogens with zero attached hydrogens (tertiary/aromatic N) is 3. The summed E-state index contributed by atoms with van der Waals surface area (Å²) in [5.74, 6) is -0.913. The fraction of sp³-hybridized carbons (Fsp3) is 0.524. The molecule has 37 heavy (non-hydrogen) atoms. The number of aromatic nitrogens is 1. The first-order valence-electron chi connectivity index (χ1n) is 11.2. The lowest BCUT2D eigenvalue weighted by molar-refractivity contribution is -0.893. The number of nitrogen functional groups attached to an aromatic ring is 1.